The molecule has 0 N–H and O–H groups in total. The molecule has 0 aliphatic carbocycles. The predicted octanol–water partition coefficient (Wildman–Crippen LogP) is 4.69. The number of carbonyl (C=O) groups is 1. The summed E-state index contributed by atoms with van der Waals surface area (Å²) in [5, 5.41) is 0. The SMILES string of the molecule is CCOC(=O)/C=C/c1cccc(CN(CC)CC=CC#CC(C)(C)C)c1. The van der Waals surface area contributed by atoms with E-state index in [9.17, 15) is 4.79 Å². The molecule has 0 bridgehead atoms. The molecule has 0 heterocycles. The lowest BCUT2D eigenvalue weighted by Gasteiger charge is -2.18. The average molecular weight is 354 g/mol. The van der Waals surface area contributed by atoms with Crippen LogP contribution < -0.4 is 0 Å². The Balaban J connectivity index is 2.65. The number of hydrogen-bond acceptors (Lipinski definition) is 3. The summed E-state index contributed by atoms with van der Waals surface area (Å²) in [7, 11) is 0. The Morgan fingerprint density at radius 2 is 2.04 bits per heavy atom. The van der Waals surface area contributed by atoms with Crippen LogP contribution in [0, 0.1) is 17.3 Å². The molecule has 26 heavy (non-hydrogen) atoms. The minimum absolute atomic E-state index is 0.0340. The minimum atomic E-state index is -0.311. The second-order valence-corrected chi connectivity index (χ2v) is 7.08. The fourth-order valence-corrected chi connectivity index (χ4v) is 2.23. The number of likely N-dealkylation sites (N-methyl/N-ethyl adjacent to an activating group) is 1. The molecule has 140 valence electrons. The van der Waals surface area contributed by atoms with Crippen molar-refractivity contribution in [3.8, 4) is 11.8 Å². The van der Waals surface area contributed by atoms with Crippen molar-refractivity contribution in [2.45, 2.75) is 41.2 Å². The topological polar surface area (TPSA) is 29.5 Å². The fraction of sp³-hybridized carbons (Fsp3) is 0.435. The van der Waals surface area contributed by atoms with Gasteiger partial charge in [0.2, 0.25) is 0 Å². The van der Waals surface area contributed by atoms with Gasteiger partial charge < -0.3 is 4.74 Å². The summed E-state index contributed by atoms with van der Waals surface area (Å²) in [6.45, 7) is 13.3. The number of nitrogens with zero attached hydrogens (tertiary/aromatic N) is 1. The van der Waals surface area contributed by atoms with Crippen LogP contribution >= 0.6 is 0 Å². The number of rotatable bonds is 8. The van der Waals surface area contributed by atoms with Crippen LogP contribution in [0.25, 0.3) is 6.08 Å². The van der Waals surface area contributed by atoms with Gasteiger partial charge in [0.25, 0.3) is 0 Å². The van der Waals surface area contributed by atoms with Crippen molar-refractivity contribution < 1.29 is 9.53 Å². The number of ether oxygens (including phenoxy) is 1. The lowest BCUT2D eigenvalue weighted by molar-refractivity contribution is -0.137. The maximum atomic E-state index is 11.4. The lowest BCUT2D eigenvalue weighted by Crippen LogP contribution is -2.22. The van der Waals surface area contributed by atoms with E-state index in [0.29, 0.717) is 6.61 Å². The van der Waals surface area contributed by atoms with E-state index in [-0.39, 0.29) is 11.4 Å². The number of benzene rings is 1. The number of allylic oxidation sites excluding steroid dienone is 1. The van der Waals surface area contributed by atoms with Crippen molar-refractivity contribution in [1.82, 2.24) is 4.90 Å². The van der Waals surface area contributed by atoms with Crippen molar-refractivity contribution in [3.63, 3.8) is 0 Å². The first-order valence-electron chi connectivity index (χ1n) is 9.18. The molecule has 0 fully saturated rings. The van der Waals surface area contributed by atoms with Crippen LogP contribution in [-0.2, 0) is 16.1 Å². The smallest absolute Gasteiger partial charge is 0.330 e. The van der Waals surface area contributed by atoms with E-state index in [1.165, 1.54) is 11.6 Å². The van der Waals surface area contributed by atoms with Crippen molar-refractivity contribution in [3.05, 3.63) is 53.6 Å². The van der Waals surface area contributed by atoms with Gasteiger partial charge in [-0.05, 0) is 57.5 Å². The number of carbonyl (C=O) groups excluding carboxylic acids is 1. The van der Waals surface area contributed by atoms with Crippen LogP contribution in [0.15, 0.2) is 42.5 Å². The molecule has 0 unspecified atom stereocenters. The van der Waals surface area contributed by atoms with Crippen molar-refractivity contribution >= 4 is 12.0 Å². The van der Waals surface area contributed by atoms with Crippen LogP contribution in [0.1, 0.15) is 45.7 Å². The Morgan fingerprint density at radius 3 is 2.69 bits per heavy atom. The number of hydrogen-bond donors (Lipinski definition) is 0. The summed E-state index contributed by atoms with van der Waals surface area (Å²) in [4.78, 5) is 13.8. The third-order valence-electron chi connectivity index (χ3n) is 3.51. The average Bonchev–Trinajstić information content (AvgIpc) is 2.58. The summed E-state index contributed by atoms with van der Waals surface area (Å²) in [5.41, 5.74) is 2.25. The zero-order valence-corrected chi connectivity index (χ0v) is 16.7. The molecule has 0 spiro atoms. The molecule has 0 aliphatic rings. The van der Waals surface area contributed by atoms with E-state index in [0.717, 1.165) is 25.2 Å². The Kier molecular flexibility index (Phi) is 9.47. The minimum Gasteiger partial charge on any atom is -0.463 e. The zero-order chi connectivity index (χ0) is 19.4. The Labute approximate surface area is 158 Å². The highest BCUT2D eigenvalue weighted by molar-refractivity contribution is 5.87. The Hall–Kier alpha value is -2.31. The fourth-order valence-electron chi connectivity index (χ4n) is 2.23. The van der Waals surface area contributed by atoms with Gasteiger partial charge in [-0.1, -0.05) is 49.1 Å². The molecule has 3 heteroatoms. The van der Waals surface area contributed by atoms with Crippen LogP contribution in [0.3, 0.4) is 0 Å². The van der Waals surface area contributed by atoms with Gasteiger partial charge in [0, 0.05) is 24.6 Å². The molecule has 0 radical (unpaired) electrons. The highest BCUT2D eigenvalue weighted by Gasteiger charge is 2.03. The van der Waals surface area contributed by atoms with Crippen LogP contribution in [-0.4, -0.2) is 30.6 Å². The summed E-state index contributed by atoms with van der Waals surface area (Å²) in [6, 6.07) is 8.20. The van der Waals surface area contributed by atoms with Crippen LogP contribution in [0.4, 0.5) is 0 Å². The summed E-state index contributed by atoms with van der Waals surface area (Å²) < 4.78 is 4.91. The standard InChI is InChI=1S/C23H31NO2/c1-6-24(17-10-8-9-16-23(3,4)5)19-21-13-11-12-20(18-21)14-15-22(25)26-7-2/h8,10-15,18H,6-7,17,19H2,1-5H3/b10-8?,15-14+. The van der Waals surface area contributed by atoms with Crippen molar-refractivity contribution in [1.29, 1.82) is 0 Å². The highest BCUT2D eigenvalue weighted by Crippen LogP contribution is 2.11. The van der Waals surface area contributed by atoms with Gasteiger partial charge in [0.15, 0.2) is 0 Å². The Morgan fingerprint density at radius 1 is 1.27 bits per heavy atom. The molecule has 0 atom stereocenters. The third kappa shape index (κ3) is 9.86. The Bertz CT molecular complexity index is 684. The summed E-state index contributed by atoms with van der Waals surface area (Å²) in [5.74, 6) is 6.00. The summed E-state index contributed by atoms with van der Waals surface area (Å²) >= 11 is 0. The first-order valence-corrected chi connectivity index (χ1v) is 9.18. The molecular weight excluding hydrogens is 322 g/mol. The molecule has 1 rings (SSSR count). The second-order valence-electron chi connectivity index (χ2n) is 7.08. The van der Waals surface area contributed by atoms with E-state index < -0.39 is 0 Å². The van der Waals surface area contributed by atoms with Crippen LogP contribution in [0.5, 0.6) is 0 Å². The van der Waals surface area contributed by atoms with Crippen molar-refractivity contribution in [2.24, 2.45) is 5.41 Å². The van der Waals surface area contributed by atoms with E-state index in [2.05, 4.69) is 62.6 Å². The van der Waals surface area contributed by atoms with E-state index in [1.807, 2.05) is 18.2 Å². The molecule has 0 aromatic heterocycles. The molecule has 0 amide bonds. The monoisotopic (exact) mass is 353 g/mol. The largest absolute Gasteiger partial charge is 0.463 e. The van der Waals surface area contributed by atoms with E-state index in [1.54, 1.807) is 13.0 Å². The molecule has 0 aliphatic heterocycles. The second kappa shape index (κ2) is 11.3. The third-order valence-corrected chi connectivity index (χ3v) is 3.51. The van der Waals surface area contributed by atoms with Gasteiger partial charge in [-0.15, -0.1) is 0 Å². The first kappa shape index (κ1) is 21.7. The maximum Gasteiger partial charge on any atom is 0.330 e. The molecular formula is C23H31NO2. The first-order chi connectivity index (χ1) is 12.3. The zero-order valence-electron chi connectivity index (χ0n) is 16.7. The quantitative estimate of drug-likeness (QED) is 0.386. The van der Waals surface area contributed by atoms with Gasteiger partial charge >= 0.3 is 5.97 Å². The molecule has 3 nitrogen and oxygen atoms in total. The van der Waals surface area contributed by atoms with Gasteiger partial charge in [-0.25, -0.2) is 4.79 Å². The molecule has 0 saturated carbocycles. The number of esters is 1. The molecule has 1 aromatic rings. The van der Waals surface area contributed by atoms with E-state index in [4.69, 9.17) is 4.74 Å². The van der Waals surface area contributed by atoms with Gasteiger partial charge in [0.1, 0.15) is 0 Å². The lowest BCUT2D eigenvalue weighted by atomic mass is 9.98. The molecule has 1 aromatic carbocycles. The summed E-state index contributed by atoms with van der Waals surface area (Å²) in [6.07, 6.45) is 7.30. The molecule has 0 saturated heterocycles. The van der Waals surface area contributed by atoms with Gasteiger partial charge in [-0.3, -0.25) is 4.90 Å². The van der Waals surface area contributed by atoms with Crippen molar-refractivity contribution in [2.75, 3.05) is 19.7 Å². The maximum absolute atomic E-state index is 11.4. The predicted molar refractivity (Wildman–Crippen MR) is 109 cm³/mol. The highest BCUT2D eigenvalue weighted by atomic mass is 16.5. The van der Waals surface area contributed by atoms with Gasteiger partial charge in [-0.2, -0.15) is 0 Å². The van der Waals surface area contributed by atoms with Gasteiger partial charge in [0.05, 0.1) is 6.61 Å². The van der Waals surface area contributed by atoms with Crippen LogP contribution in [0.2, 0.25) is 0 Å². The normalized spacial score (nSPS) is 11.8. The van der Waals surface area contributed by atoms with E-state index >= 15 is 0 Å².